The normalized spacial score (nSPS) is 8.25. The second-order valence-corrected chi connectivity index (χ2v) is 2.53. The third-order valence-electron chi connectivity index (χ3n) is 0.247. The summed E-state index contributed by atoms with van der Waals surface area (Å²) in [5.41, 5.74) is 0. The van der Waals surface area contributed by atoms with Crippen LogP contribution in [0.4, 0.5) is 0 Å². The number of phosphoric ester groups is 1. The molecule has 2 N–H and O–H groups in total. The average molecular weight is 220 g/mol. The molecule has 5 nitrogen and oxygen atoms in total. The Bertz CT molecular complexity index is 175. The molecular formula is C5H10KO5P. The standard InChI is InChI=1S/C3H5.C2H5O5P.K/c1-3-2;1-2(3)7-8(4,5)6;/h3H,1-2H2;1H3,(H2,4,5,6);/q-1;;+1. The van der Waals surface area contributed by atoms with Crippen LogP contribution < -0.4 is 51.4 Å². The van der Waals surface area contributed by atoms with Gasteiger partial charge in [-0.25, -0.2) is 24.1 Å². The monoisotopic (exact) mass is 220 g/mol. The van der Waals surface area contributed by atoms with Crippen molar-refractivity contribution in [3.63, 3.8) is 0 Å². The van der Waals surface area contributed by atoms with Crippen molar-refractivity contribution >= 4 is 13.8 Å². The summed E-state index contributed by atoms with van der Waals surface area (Å²) < 4.78 is 13.2. The first-order valence-corrected chi connectivity index (χ1v) is 4.02. The van der Waals surface area contributed by atoms with Crippen LogP contribution in [-0.2, 0) is 13.9 Å². The van der Waals surface area contributed by atoms with Gasteiger partial charge in [-0.2, -0.15) is 0 Å². The van der Waals surface area contributed by atoms with Gasteiger partial charge in [-0.15, -0.1) is 0 Å². The van der Waals surface area contributed by atoms with Crippen molar-refractivity contribution in [1.29, 1.82) is 0 Å². The van der Waals surface area contributed by atoms with Gasteiger partial charge in [0.15, 0.2) is 0 Å². The van der Waals surface area contributed by atoms with Crippen LogP contribution in [0.1, 0.15) is 6.92 Å². The minimum absolute atomic E-state index is 0. The molecule has 0 spiro atoms. The van der Waals surface area contributed by atoms with Gasteiger partial charge in [0.25, 0.3) is 0 Å². The van der Waals surface area contributed by atoms with Gasteiger partial charge in [0.2, 0.25) is 0 Å². The third-order valence-corrected chi connectivity index (χ3v) is 0.742. The fourth-order valence-corrected chi connectivity index (χ4v) is 0.502. The minimum atomic E-state index is -4.57. The van der Waals surface area contributed by atoms with Crippen molar-refractivity contribution in [2.45, 2.75) is 6.92 Å². The molecule has 7 heteroatoms. The summed E-state index contributed by atoms with van der Waals surface area (Å²) in [6.07, 6.45) is 1.50. The van der Waals surface area contributed by atoms with Gasteiger partial charge >= 0.3 is 65.2 Å². The molecule has 0 aliphatic rings. The predicted molar refractivity (Wildman–Crippen MR) is 39.4 cm³/mol. The Labute approximate surface area is 114 Å². The van der Waals surface area contributed by atoms with Gasteiger partial charge in [0, 0.05) is 6.92 Å². The molecule has 0 aliphatic heterocycles. The van der Waals surface area contributed by atoms with Gasteiger partial charge in [-0.1, -0.05) is 0 Å². The van der Waals surface area contributed by atoms with E-state index in [2.05, 4.69) is 18.0 Å². The molecule has 0 aromatic carbocycles. The number of rotatable bonds is 1. The van der Waals surface area contributed by atoms with Gasteiger partial charge < -0.3 is 4.52 Å². The zero-order valence-electron chi connectivity index (χ0n) is 7.06. The van der Waals surface area contributed by atoms with Crippen LogP contribution in [0.5, 0.6) is 0 Å². The van der Waals surface area contributed by atoms with E-state index >= 15 is 0 Å². The smallest absolute Gasteiger partial charge is 0.371 e. The van der Waals surface area contributed by atoms with Crippen molar-refractivity contribution in [3.8, 4) is 0 Å². The number of allylic oxidation sites excluding steroid dienone is 1. The van der Waals surface area contributed by atoms with Crippen molar-refractivity contribution in [1.82, 2.24) is 0 Å². The van der Waals surface area contributed by atoms with E-state index in [0.717, 1.165) is 6.92 Å². The van der Waals surface area contributed by atoms with E-state index in [4.69, 9.17) is 9.79 Å². The van der Waals surface area contributed by atoms with Crippen molar-refractivity contribution in [3.05, 3.63) is 19.6 Å². The second kappa shape index (κ2) is 9.95. The summed E-state index contributed by atoms with van der Waals surface area (Å²) in [5.74, 6) is -0.988. The number of phosphoric acid groups is 1. The number of carbonyl (C=O) groups excluding carboxylic acids is 1. The van der Waals surface area contributed by atoms with E-state index in [9.17, 15) is 9.36 Å². The number of carbonyl (C=O) groups is 1. The topological polar surface area (TPSA) is 83.8 Å². The zero-order valence-corrected chi connectivity index (χ0v) is 11.1. The van der Waals surface area contributed by atoms with Crippen LogP contribution in [-0.4, -0.2) is 15.8 Å². The van der Waals surface area contributed by atoms with Crippen LogP contribution in [0, 0.1) is 6.92 Å². The summed E-state index contributed by atoms with van der Waals surface area (Å²) in [4.78, 5) is 25.5. The molecule has 0 aromatic rings. The first-order valence-electron chi connectivity index (χ1n) is 2.49. The summed E-state index contributed by atoms with van der Waals surface area (Å²) in [5, 5.41) is 0. The van der Waals surface area contributed by atoms with Crippen molar-refractivity contribution in [2.75, 3.05) is 0 Å². The van der Waals surface area contributed by atoms with Crippen LogP contribution in [0.25, 0.3) is 0 Å². The van der Waals surface area contributed by atoms with Crippen LogP contribution in [0.15, 0.2) is 12.7 Å². The van der Waals surface area contributed by atoms with Crippen molar-refractivity contribution < 1.29 is 75.1 Å². The Morgan fingerprint density at radius 3 is 1.92 bits per heavy atom. The maximum atomic E-state index is 9.74. The molecule has 12 heavy (non-hydrogen) atoms. The van der Waals surface area contributed by atoms with E-state index in [1.54, 1.807) is 0 Å². The number of hydrogen-bond acceptors (Lipinski definition) is 3. The average Bonchev–Trinajstić information content (AvgIpc) is 1.57. The maximum Gasteiger partial charge on any atom is 1.00 e. The SMILES string of the molecule is C=C[CH2-].CC(=O)OP(=O)(O)O.[K+]. The zero-order chi connectivity index (χ0) is 9.49. The second-order valence-electron chi connectivity index (χ2n) is 1.36. The Morgan fingerprint density at radius 1 is 1.67 bits per heavy atom. The Morgan fingerprint density at radius 2 is 1.92 bits per heavy atom. The van der Waals surface area contributed by atoms with Crippen LogP contribution >= 0.6 is 7.82 Å². The van der Waals surface area contributed by atoms with Crippen LogP contribution in [0.3, 0.4) is 0 Å². The molecule has 66 valence electrons. The van der Waals surface area contributed by atoms with Crippen LogP contribution in [0.2, 0.25) is 0 Å². The van der Waals surface area contributed by atoms with E-state index in [-0.39, 0.29) is 51.4 Å². The molecule has 0 rings (SSSR count). The fraction of sp³-hybridized carbons (Fsp3) is 0.200. The first kappa shape index (κ1) is 18.6. The molecule has 0 saturated heterocycles. The molecular weight excluding hydrogens is 210 g/mol. The molecule has 0 aromatic heterocycles. The van der Waals surface area contributed by atoms with Crippen molar-refractivity contribution in [2.24, 2.45) is 0 Å². The Hall–Kier alpha value is 0.866. The molecule has 0 heterocycles. The summed E-state index contributed by atoms with van der Waals surface area (Å²) in [6.45, 7) is 7.42. The fourth-order valence-electron chi connectivity index (χ4n) is 0.167. The van der Waals surface area contributed by atoms with E-state index in [0.29, 0.717) is 0 Å². The largest absolute Gasteiger partial charge is 1.00 e. The Kier molecular flexibility index (Phi) is 15.4. The van der Waals surface area contributed by atoms with Gasteiger partial charge in [-0.3, -0.25) is 14.6 Å². The third kappa shape index (κ3) is 30.7. The molecule has 0 radical (unpaired) electrons. The summed E-state index contributed by atoms with van der Waals surface area (Å²) in [7, 11) is -4.57. The van der Waals surface area contributed by atoms with Gasteiger partial charge in [0.05, 0.1) is 0 Å². The van der Waals surface area contributed by atoms with Gasteiger partial charge in [-0.05, 0) is 0 Å². The summed E-state index contributed by atoms with van der Waals surface area (Å²) >= 11 is 0. The van der Waals surface area contributed by atoms with E-state index in [1.165, 1.54) is 6.08 Å². The molecule has 0 atom stereocenters. The predicted octanol–water partition coefficient (Wildman–Crippen LogP) is -2.35. The van der Waals surface area contributed by atoms with E-state index < -0.39 is 13.8 Å². The quantitative estimate of drug-likeness (QED) is 0.294. The minimum Gasteiger partial charge on any atom is -0.371 e. The molecule has 0 aliphatic carbocycles. The molecule has 0 unspecified atom stereocenters. The van der Waals surface area contributed by atoms with E-state index in [1.807, 2.05) is 0 Å². The molecule has 0 saturated carbocycles. The van der Waals surface area contributed by atoms with Gasteiger partial charge in [0.1, 0.15) is 0 Å². The summed E-state index contributed by atoms with van der Waals surface area (Å²) in [6, 6.07) is 0. The molecule has 0 bridgehead atoms. The molecule has 0 amide bonds. The first-order chi connectivity index (χ1) is 4.83. The maximum absolute atomic E-state index is 9.74. The Balaban J connectivity index is -0.000000177. The molecule has 0 fully saturated rings. The number of hydrogen-bond donors (Lipinski definition) is 2.